The summed E-state index contributed by atoms with van der Waals surface area (Å²) in [6, 6.07) is 3.53. The Hall–Kier alpha value is -0.870. The van der Waals surface area contributed by atoms with Crippen LogP contribution in [0.5, 0.6) is 0 Å². The Bertz CT molecular complexity index is 308. The highest BCUT2D eigenvalue weighted by molar-refractivity contribution is 5.00. The summed E-state index contributed by atoms with van der Waals surface area (Å²) in [5.74, 6) is 0. The molecule has 0 saturated carbocycles. The van der Waals surface area contributed by atoms with Gasteiger partial charge in [0.2, 0.25) is 0 Å². The topological polar surface area (TPSA) is 44.0 Å². The third-order valence-corrected chi connectivity index (χ3v) is 3.72. The second-order valence-electron chi connectivity index (χ2n) is 4.60. The summed E-state index contributed by atoms with van der Waals surface area (Å²) < 4.78 is 0. The standard InChI is InChI=1S/C11H18N4/c1-2-11-10(4-7-15(11)6-1)12-8-9-3-5-13-14-9/h3,5,10-12H,1-2,4,6-8H2,(H,13,14). The van der Waals surface area contributed by atoms with Gasteiger partial charge >= 0.3 is 0 Å². The van der Waals surface area contributed by atoms with Crippen molar-refractivity contribution in [3.8, 4) is 0 Å². The van der Waals surface area contributed by atoms with E-state index in [1.54, 1.807) is 0 Å². The molecule has 1 aromatic heterocycles. The van der Waals surface area contributed by atoms with Crippen molar-refractivity contribution in [1.82, 2.24) is 20.4 Å². The molecule has 0 bridgehead atoms. The molecule has 0 aliphatic carbocycles. The summed E-state index contributed by atoms with van der Waals surface area (Å²) in [5, 5.41) is 10.6. The fraction of sp³-hybridized carbons (Fsp3) is 0.727. The molecule has 4 heteroatoms. The van der Waals surface area contributed by atoms with Crippen LogP contribution in [-0.4, -0.2) is 40.3 Å². The first-order valence-electron chi connectivity index (χ1n) is 5.89. The molecule has 2 aliphatic heterocycles. The Morgan fingerprint density at radius 3 is 3.33 bits per heavy atom. The van der Waals surface area contributed by atoms with Crippen LogP contribution >= 0.6 is 0 Å². The first-order chi connectivity index (χ1) is 7.43. The second kappa shape index (κ2) is 3.94. The molecule has 82 valence electrons. The molecular weight excluding hydrogens is 188 g/mol. The van der Waals surface area contributed by atoms with Gasteiger partial charge in [-0.2, -0.15) is 5.10 Å². The van der Waals surface area contributed by atoms with Crippen LogP contribution in [0.4, 0.5) is 0 Å². The summed E-state index contributed by atoms with van der Waals surface area (Å²) in [6.07, 6.45) is 5.87. The number of H-pyrrole nitrogens is 1. The van der Waals surface area contributed by atoms with Gasteiger partial charge in [-0.15, -0.1) is 0 Å². The van der Waals surface area contributed by atoms with E-state index >= 15 is 0 Å². The molecule has 0 radical (unpaired) electrons. The van der Waals surface area contributed by atoms with Gasteiger partial charge in [0.05, 0.1) is 0 Å². The lowest BCUT2D eigenvalue weighted by Gasteiger charge is -2.20. The largest absolute Gasteiger partial charge is 0.307 e. The Morgan fingerprint density at radius 1 is 1.47 bits per heavy atom. The molecule has 3 rings (SSSR count). The molecule has 0 amide bonds. The van der Waals surface area contributed by atoms with Crippen LogP contribution in [0.2, 0.25) is 0 Å². The number of rotatable bonds is 3. The zero-order valence-corrected chi connectivity index (χ0v) is 8.95. The number of hydrogen-bond acceptors (Lipinski definition) is 3. The summed E-state index contributed by atoms with van der Waals surface area (Å²) in [5.41, 5.74) is 1.19. The Balaban J connectivity index is 1.55. The fourth-order valence-electron chi connectivity index (χ4n) is 2.94. The number of hydrogen-bond donors (Lipinski definition) is 2. The van der Waals surface area contributed by atoms with Gasteiger partial charge < -0.3 is 5.32 Å². The molecule has 0 aromatic carbocycles. The molecule has 2 saturated heterocycles. The lowest BCUT2D eigenvalue weighted by atomic mass is 10.1. The molecule has 4 nitrogen and oxygen atoms in total. The molecular formula is C11H18N4. The maximum atomic E-state index is 3.96. The van der Waals surface area contributed by atoms with Crippen LogP contribution in [-0.2, 0) is 6.54 Å². The third-order valence-electron chi connectivity index (χ3n) is 3.72. The van der Waals surface area contributed by atoms with E-state index in [0.717, 1.165) is 12.6 Å². The Labute approximate surface area is 90.0 Å². The second-order valence-corrected chi connectivity index (χ2v) is 4.60. The van der Waals surface area contributed by atoms with Gasteiger partial charge in [0.1, 0.15) is 0 Å². The molecule has 0 spiro atoms. The molecule has 2 unspecified atom stereocenters. The highest BCUT2D eigenvalue weighted by Crippen LogP contribution is 2.27. The summed E-state index contributed by atoms with van der Waals surface area (Å²) in [6.45, 7) is 3.52. The molecule has 1 aromatic rings. The average Bonchev–Trinajstić information content (AvgIpc) is 2.93. The molecule has 2 fully saturated rings. The first kappa shape index (κ1) is 9.36. The quantitative estimate of drug-likeness (QED) is 0.766. The highest BCUT2D eigenvalue weighted by atomic mass is 15.2. The molecule has 3 heterocycles. The van der Waals surface area contributed by atoms with E-state index in [-0.39, 0.29) is 0 Å². The van der Waals surface area contributed by atoms with Gasteiger partial charge in [-0.1, -0.05) is 0 Å². The maximum absolute atomic E-state index is 3.96. The summed E-state index contributed by atoms with van der Waals surface area (Å²) in [7, 11) is 0. The predicted molar refractivity (Wildman–Crippen MR) is 58.4 cm³/mol. The van der Waals surface area contributed by atoms with Crippen molar-refractivity contribution in [3.63, 3.8) is 0 Å². The smallest absolute Gasteiger partial charge is 0.0490 e. The third kappa shape index (κ3) is 1.79. The van der Waals surface area contributed by atoms with E-state index in [1.165, 1.54) is 38.0 Å². The zero-order valence-electron chi connectivity index (χ0n) is 8.95. The lowest BCUT2D eigenvalue weighted by molar-refractivity contribution is 0.298. The Kier molecular flexibility index (Phi) is 2.46. The van der Waals surface area contributed by atoms with E-state index in [1.807, 2.05) is 12.3 Å². The van der Waals surface area contributed by atoms with Gasteiger partial charge in [-0.25, -0.2) is 0 Å². The number of nitrogens with zero attached hydrogens (tertiary/aromatic N) is 2. The fourth-order valence-corrected chi connectivity index (χ4v) is 2.94. The van der Waals surface area contributed by atoms with E-state index in [2.05, 4.69) is 20.4 Å². The molecule has 2 N–H and O–H groups in total. The molecule has 2 aliphatic rings. The summed E-state index contributed by atoms with van der Waals surface area (Å²) in [4.78, 5) is 2.63. The van der Waals surface area contributed by atoms with Gasteiger partial charge in [0.15, 0.2) is 0 Å². The van der Waals surface area contributed by atoms with Crippen LogP contribution in [0.3, 0.4) is 0 Å². The predicted octanol–water partition coefficient (Wildman–Crippen LogP) is 0.736. The monoisotopic (exact) mass is 206 g/mol. The normalized spacial score (nSPS) is 30.9. The van der Waals surface area contributed by atoms with E-state index < -0.39 is 0 Å². The zero-order chi connectivity index (χ0) is 10.1. The van der Waals surface area contributed by atoms with E-state index in [0.29, 0.717) is 6.04 Å². The van der Waals surface area contributed by atoms with Crippen LogP contribution < -0.4 is 5.32 Å². The lowest BCUT2D eigenvalue weighted by Crippen LogP contribution is -2.38. The molecule has 2 atom stereocenters. The van der Waals surface area contributed by atoms with Crippen LogP contribution in [0.1, 0.15) is 25.0 Å². The number of aromatic amines is 1. The van der Waals surface area contributed by atoms with Crippen molar-refractivity contribution < 1.29 is 0 Å². The van der Waals surface area contributed by atoms with Crippen molar-refractivity contribution in [2.75, 3.05) is 13.1 Å². The van der Waals surface area contributed by atoms with Gasteiger partial charge in [0, 0.05) is 37.1 Å². The number of aromatic nitrogens is 2. The highest BCUT2D eigenvalue weighted by Gasteiger charge is 2.36. The van der Waals surface area contributed by atoms with Crippen molar-refractivity contribution in [3.05, 3.63) is 18.0 Å². The number of nitrogens with one attached hydrogen (secondary N) is 2. The van der Waals surface area contributed by atoms with Crippen molar-refractivity contribution in [2.45, 2.75) is 37.9 Å². The minimum Gasteiger partial charge on any atom is -0.307 e. The SMILES string of the molecule is c1cc(CNC2CCN3CCCC23)[nH]n1. The average molecular weight is 206 g/mol. The first-order valence-corrected chi connectivity index (χ1v) is 5.89. The van der Waals surface area contributed by atoms with Gasteiger partial charge in [-0.3, -0.25) is 10.00 Å². The van der Waals surface area contributed by atoms with Crippen LogP contribution in [0.15, 0.2) is 12.3 Å². The Morgan fingerprint density at radius 2 is 2.47 bits per heavy atom. The van der Waals surface area contributed by atoms with Crippen molar-refractivity contribution in [2.24, 2.45) is 0 Å². The van der Waals surface area contributed by atoms with Crippen molar-refractivity contribution >= 4 is 0 Å². The van der Waals surface area contributed by atoms with E-state index in [9.17, 15) is 0 Å². The maximum Gasteiger partial charge on any atom is 0.0490 e. The summed E-state index contributed by atoms with van der Waals surface area (Å²) >= 11 is 0. The van der Waals surface area contributed by atoms with Gasteiger partial charge in [0.25, 0.3) is 0 Å². The van der Waals surface area contributed by atoms with E-state index in [4.69, 9.17) is 0 Å². The minimum atomic E-state index is 0.691. The minimum absolute atomic E-state index is 0.691. The van der Waals surface area contributed by atoms with Crippen LogP contribution in [0, 0.1) is 0 Å². The molecule has 15 heavy (non-hydrogen) atoms. The van der Waals surface area contributed by atoms with Gasteiger partial charge in [-0.05, 0) is 31.9 Å². The number of fused-ring (bicyclic) bond motifs is 1. The van der Waals surface area contributed by atoms with Crippen molar-refractivity contribution in [1.29, 1.82) is 0 Å². The van der Waals surface area contributed by atoms with Crippen LogP contribution in [0.25, 0.3) is 0 Å².